The van der Waals surface area contributed by atoms with Gasteiger partial charge in [-0.3, -0.25) is 14.6 Å². The van der Waals surface area contributed by atoms with Gasteiger partial charge in [-0.05, 0) is 24.3 Å². The molecular weight excluding hydrogens is 336 g/mol. The second kappa shape index (κ2) is 8.80. The molecule has 0 aliphatic rings. The Balaban J connectivity index is 2.99. The fourth-order valence-corrected chi connectivity index (χ4v) is 2.48. The smallest absolute Gasteiger partial charge is 0.331 e. The Morgan fingerprint density at radius 3 is 2.12 bits per heavy atom. The number of nitrogens with zero attached hydrogens (tertiary/aromatic N) is 1. The van der Waals surface area contributed by atoms with E-state index in [1.165, 1.54) is 6.92 Å². The zero-order valence-electron chi connectivity index (χ0n) is 15.9. The highest BCUT2D eigenvalue weighted by Gasteiger charge is 2.47. The summed E-state index contributed by atoms with van der Waals surface area (Å²) in [5.74, 6) is 1.12. The number of carbonyl (C=O) groups is 3. The van der Waals surface area contributed by atoms with E-state index in [-0.39, 0.29) is 6.61 Å². The van der Waals surface area contributed by atoms with E-state index in [2.05, 4.69) is 0 Å². The van der Waals surface area contributed by atoms with Crippen molar-refractivity contribution in [3.05, 3.63) is 35.9 Å². The van der Waals surface area contributed by atoms with Crippen molar-refractivity contribution < 1.29 is 24.2 Å². The van der Waals surface area contributed by atoms with Crippen LogP contribution in [0.15, 0.2) is 30.3 Å². The lowest BCUT2D eigenvalue weighted by molar-refractivity contribution is -0.170. The molecule has 1 aromatic carbocycles. The zero-order valence-corrected chi connectivity index (χ0v) is 15.9. The molecule has 3 N–H and O–H groups in total. The first-order chi connectivity index (χ1) is 12.0. The minimum atomic E-state index is -1.63. The maximum Gasteiger partial charge on any atom is 0.331 e. The Labute approximate surface area is 154 Å². The first-order valence-electron chi connectivity index (χ1n) is 8.56. The molecule has 0 spiro atoms. The maximum absolute atomic E-state index is 12.8. The normalized spacial score (nSPS) is 14.6. The highest BCUT2D eigenvalue weighted by atomic mass is 16.5. The fraction of sp³-hybridized carbons (Fsp3) is 0.526. The van der Waals surface area contributed by atoms with Gasteiger partial charge in [-0.1, -0.05) is 58.0 Å². The zero-order chi connectivity index (χ0) is 20.1. The molecule has 0 saturated heterocycles. The van der Waals surface area contributed by atoms with Gasteiger partial charge in [-0.25, -0.2) is 10.6 Å². The topological polar surface area (TPSA) is 110 Å². The quantitative estimate of drug-likeness (QED) is 0.241. The van der Waals surface area contributed by atoms with E-state index >= 15 is 0 Å². The maximum atomic E-state index is 12.8. The van der Waals surface area contributed by atoms with Crippen LogP contribution >= 0.6 is 0 Å². The number of hydrazine groups is 1. The lowest BCUT2D eigenvalue weighted by Gasteiger charge is -2.39. The molecule has 0 aromatic heterocycles. The lowest BCUT2D eigenvalue weighted by atomic mass is 9.85. The first-order valence-corrected chi connectivity index (χ1v) is 8.56. The van der Waals surface area contributed by atoms with E-state index in [0.29, 0.717) is 5.01 Å². The highest BCUT2D eigenvalue weighted by molar-refractivity contribution is 6.00. The van der Waals surface area contributed by atoms with Crippen LogP contribution in [0.4, 0.5) is 0 Å². The molecule has 0 unspecified atom stereocenters. The largest absolute Gasteiger partial charge is 0.479 e. The van der Waals surface area contributed by atoms with Gasteiger partial charge >= 0.3 is 11.9 Å². The van der Waals surface area contributed by atoms with E-state index < -0.39 is 41.1 Å². The van der Waals surface area contributed by atoms with E-state index in [0.717, 1.165) is 5.56 Å². The van der Waals surface area contributed by atoms with E-state index in [1.807, 2.05) is 18.2 Å². The summed E-state index contributed by atoms with van der Waals surface area (Å²) in [5.41, 5.74) is -0.845. The molecule has 0 heterocycles. The van der Waals surface area contributed by atoms with Gasteiger partial charge in [0.2, 0.25) is 0 Å². The number of benzene rings is 1. The second-order valence-electron chi connectivity index (χ2n) is 7.13. The number of ether oxygens (including phenoxy) is 1. The van der Waals surface area contributed by atoms with Gasteiger partial charge in [0.1, 0.15) is 12.5 Å². The molecule has 1 aromatic rings. The Morgan fingerprint density at radius 1 is 1.15 bits per heavy atom. The van der Waals surface area contributed by atoms with E-state index in [9.17, 15) is 19.5 Å². The summed E-state index contributed by atoms with van der Waals surface area (Å²) >= 11 is 0. The molecule has 0 aliphatic heterocycles. The Bertz CT molecular complexity index is 645. The van der Waals surface area contributed by atoms with Gasteiger partial charge < -0.3 is 9.84 Å². The standard InChI is InChI=1S/C19H28N2O5/c1-12(2)15(17(23)26-11-14-9-7-6-8-10-14)16(22)21(20)19(5,13(3)4)18(24)25/h6-10,12-13,15H,11,20H2,1-5H3,(H,24,25)/t15-,19-/m0/s1. The summed E-state index contributed by atoms with van der Waals surface area (Å²) in [7, 11) is 0. The number of hydrogen-bond donors (Lipinski definition) is 2. The number of aliphatic carboxylic acids is 1. The lowest BCUT2D eigenvalue weighted by Crippen LogP contribution is -2.63. The van der Waals surface area contributed by atoms with Crippen LogP contribution in [0.2, 0.25) is 0 Å². The predicted octanol–water partition coefficient (Wildman–Crippen LogP) is 2.20. The van der Waals surface area contributed by atoms with Crippen LogP contribution in [-0.2, 0) is 25.7 Å². The number of esters is 1. The highest BCUT2D eigenvalue weighted by Crippen LogP contribution is 2.26. The molecule has 1 amide bonds. The number of amides is 1. The SMILES string of the molecule is CC(C)[C@H](C(=O)OCc1ccccc1)C(=O)N(N)[C@](C)(C(=O)O)C(C)C. The van der Waals surface area contributed by atoms with Crippen LogP contribution in [0.25, 0.3) is 0 Å². The average Bonchev–Trinajstić information content (AvgIpc) is 2.58. The molecule has 0 saturated carbocycles. The van der Waals surface area contributed by atoms with Crippen molar-refractivity contribution in [1.29, 1.82) is 0 Å². The van der Waals surface area contributed by atoms with Crippen molar-refractivity contribution in [2.45, 2.75) is 46.8 Å². The number of hydrogen-bond acceptors (Lipinski definition) is 5. The van der Waals surface area contributed by atoms with Gasteiger partial charge in [0, 0.05) is 0 Å². The summed E-state index contributed by atoms with van der Waals surface area (Å²) in [6.45, 7) is 8.08. The van der Waals surface area contributed by atoms with E-state index in [1.54, 1.807) is 39.8 Å². The molecule has 0 bridgehead atoms. The molecule has 7 nitrogen and oxygen atoms in total. The first kappa shape index (κ1) is 21.6. The van der Waals surface area contributed by atoms with Crippen molar-refractivity contribution in [3.63, 3.8) is 0 Å². The summed E-state index contributed by atoms with van der Waals surface area (Å²) < 4.78 is 5.27. The Morgan fingerprint density at radius 2 is 1.69 bits per heavy atom. The van der Waals surface area contributed by atoms with Crippen molar-refractivity contribution in [1.82, 2.24) is 5.01 Å². The Hall–Kier alpha value is -2.41. The number of rotatable bonds is 8. The van der Waals surface area contributed by atoms with Gasteiger partial charge in [0.05, 0.1) is 0 Å². The van der Waals surface area contributed by atoms with Crippen molar-refractivity contribution in [3.8, 4) is 0 Å². The minimum absolute atomic E-state index is 0.0289. The molecular formula is C19H28N2O5. The van der Waals surface area contributed by atoms with Gasteiger partial charge in [-0.15, -0.1) is 0 Å². The third kappa shape index (κ3) is 4.60. The third-order valence-corrected chi connectivity index (χ3v) is 4.71. The number of carboxylic acid groups (broad SMARTS) is 1. The molecule has 2 atom stereocenters. The number of carboxylic acids is 1. The summed E-state index contributed by atoms with van der Waals surface area (Å²) in [4.78, 5) is 37.0. The van der Waals surface area contributed by atoms with Gasteiger partial charge in [0.25, 0.3) is 5.91 Å². The monoisotopic (exact) mass is 364 g/mol. The molecule has 0 aliphatic carbocycles. The summed E-state index contributed by atoms with van der Waals surface area (Å²) in [6.07, 6.45) is 0. The van der Waals surface area contributed by atoms with Crippen LogP contribution in [0.3, 0.4) is 0 Å². The molecule has 7 heteroatoms. The predicted molar refractivity (Wildman–Crippen MR) is 96.5 cm³/mol. The molecule has 1 rings (SSSR count). The van der Waals surface area contributed by atoms with Crippen molar-refractivity contribution in [2.75, 3.05) is 0 Å². The van der Waals surface area contributed by atoms with Crippen LogP contribution in [0.1, 0.15) is 40.2 Å². The van der Waals surface area contributed by atoms with Gasteiger partial charge in [0.15, 0.2) is 5.54 Å². The third-order valence-electron chi connectivity index (χ3n) is 4.71. The van der Waals surface area contributed by atoms with Crippen LogP contribution in [0.5, 0.6) is 0 Å². The van der Waals surface area contributed by atoms with Crippen LogP contribution in [-0.4, -0.2) is 33.5 Å². The molecule has 144 valence electrons. The average molecular weight is 364 g/mol. The minimum Gasteiger partial charge on any atom is -0.479 e. The second-order valence-corrected chi connectivity index (χ2v) is 7.13. The Kier molecular flexibility index (Phi) is 7.32. The van der Waals surface area contributed by atoms with Crippen LogP contribution < -0.4 is 5.84 Å². The van der Waals surface area contributed by atoms with E-state index in [4.69, 9.17) is 10.6 Å². The van der Waals surface area contributed by atoms with Crippen molar-refractivity contribution in [2.24, 2.45) is 23.6 Å². The molecule has 0 radical (unpaired) electrons. The fourth-order valence-electron chi connectivity index (χ4n) is 2.48. The summed E-state index contributed by atoms with van der Waals surface area (Å²) in [5, 5.41) is 10.2. The van der Waals surface area contributed by atoms with Crippen molar-refractivity contribution >= 4 is 17.8 Å². The summed E-state index contributed by atoms with van der Waals surface area (Å²) in [6, 6.07) is 9.08. The number of carbonyl (C=O) groups excluding carboxylic acids is 2. The molecule has 26 heavy (non-hydrogen) atoms. The molecule has 0 fully saturated rings. The number of nitrogens with two attached hydrogens (primary N) is 1. The van der Waals surface area contributed by atoms with Crippen LogP contribution in [0, 0.1) is 17.8 Å². The van der Waals surface area contributed by atoms with Gasteiger partial charge in [-0.2, -0.15) is 0 Å².